The third kappa shape index (κ3) is 7.81. The molecular weight excluding hydrogens is 787 g/mol. The maximum atomic E-state index is 4.23. The van der Waals surface area contributed by atoms with Crippen LogP contribution in [-0.4, -0.2) is 4.57 Å². The number of fused-ring (bicyclic) bond motifs is 3. The van der Waals surface area contributed by atoms with Gasteiger partial charge in [0.1, 0.15) is 0 Å². The van der Waals surface area contributed by atoms with Crippen LogP contribution >= 0.6 is 0 Å². The molecule has 65 heavy (non-hydrogen) atoms. The Kier molecular flexibility index (Phi) is 11.4. The van der Waals surface area contributed by atoms with Crippen molar-refractivity contribution in [3.8, 4) is 27.9 Å². The first-order chi connectivity index (χ1) is 32.0. The molecule has 0 amide bonds. The molecule has 0 saturated heterocycles. The molecule has 2 aliphatic rings. The van der Waals surface area contributed by atoms with E-state index in [9.17, 15) is 0 Å². The zero-order chi connectivity index (χ0) is 44.3. The van der Waals surface area contributed by atoms with Gasteiger partial charge in [-0.1, -0.05) is 154 Å². The number of aromatic nitrogens is 1. The molecular formula is C62H53N3. The van der Waals surface area contributed by atoms with Crippen molar-refractivity contribution >= 4 is 38.9 Å². The van der Waals surface area contributed by atoms with Crippen molar-refractivity contribution in [3.05, 3.63) is 266 Å². The minimum Gasteiger partial charge on any atom is -0.311 e. The fourth-order valence-electron chi connectivity index (χ4n) is 9.87. The summed E-state index contributed by atoms with van der Waals surface area (Å²) in [6.45, 7) is 12.9. The molecule has 0 bridgehead atoms. The number of para-hydroxylation sites is 4. The van der Waals surface area contributed by atoms with E-state index in [1.54, 1.807) is 0 Å². The van der Waals surface area contributed by atoms with Crippen LogP contribution in [0.3, 0.4) is 0 Å². The van der Waals surface area contributed by atoms with Gasteiger partial charge in [0.05, 0.1) is 11.0 Å². The molecule has 10 rings (SSSR count). The van der Waals surface area contributed by atoms with Crippen molar-refractivity contribution in [1.29, 1.82) is 0 Å². The van der Waals surface area contributed by atoms with Crippen molar-refractivity contribution in [2.45, 2.75) is 32.6 Å². The Morgan fingerprint density at radius 1 is 0.631 bits per heavy atom. The predicted molar refractivity (Wildman–Crippen MR) is 278 cm³/mol. The van der Waals surface area contributed by atoms with Gasteiger partial charge in [-0.25, -0.2) is 0 Å². The van der Waals surface area contributed by atoms with Crippen LogP contribution in [0.15, 0.2) is 255 Å². The molecule has 7 aromatic carbocycles. The number of hydrogen-bond donors (Lipinski definition) is 0. The topological polar surface area (TPSA) is 11.4 Å². The molecule has 1 aromatic heterocycles. The van der Waals surface area contributed by atoms with Gasteiger partial charge in [-0.05, 0) is 150 Å². The van der Waals surface area contributed by atoms with E-state index in [2.05, 4.69) is 248 Å². The van der Waals surface area contributed by atoms with Gasteiger partial charge in [-0.3, -0.25) is 0 Å². The van der Waals surface area contributed by atoms with Crippen LogP contribution in [0, 0.1) is 12.8 Å². The summed E-state index contributed by atoms with van der Waals surface area (Å²) in [5, 5.41) is 2.46. The standard InChI is InChI=1S/C62H53N3/c1-5-22-47(6-2)63(48-23-11-7-12-24-48)52-38-35-44(3)57(42-52)55-32-21-33-56(58-43-53(39-36-45(58)4)64(49-25-13-8-14-26-49)50-27-15-9-16-28-50)62(55)46-37-40-61-59(41-46)54-31-19-20-34-60(54)65(61)51-29-17-10-18-30-51/h5-8,10-15,17-44,57H,1-2,9,16H2,3-4H3/b47-22+. The third-order valence-corrected chi connectivity index (χ3v) is 13.0. The molecule has 2 unspecified atom stereocenters. The maximum Gasteiger partial charge on any atom is 0.0541 e. The van der Waals surface area contributed by atoms with E-state index in [0.717, 1.165) is 47.0 Å². The van der Waals surface area contributed by atoms with Gasteiger partial charge in [0.2, 0.25) is 0 Å². The van der Waals surface area contributed by atoms with E-state index < -0.39 is 0 Å². The average molecular weight is 840 g/mol. The predicted octanol–water partition coefficient (Wildman–Crippen LogP) is 16.7. The first-order valence-electron chi connectivity index (χ1n) is 22.8. The Bertz CT molecular complexity index is 3210. The highest BCUT2D eigenvalue weighted by molar-refractivity contribution is 6.11. The normalized spacial score (nSPS) is 16.0. The van der Waals surface area contributed by atoms with Gasteiger partial charge in [0.25, 0.3) is 0 Å². The molecule has 0 aliphatic heterocycles. The van der Waals surface area contributed by atoms with Gasteiger partial charge in [0.15, 0.2) is 0 Å². The minimum absolute atomic E-state index is 0.0501. The molecule has 2 aliphatic carbocycles. The number of aryl methyl sites for hydroxylation is 1. The number of nitrogens with zero attached hydrogens (tertiary/aromatic N) is 3. The quantitative estimate of drug-likeness (QED) is 0.114. The van der Waals surface area contributed by atoms with Crippen molar-refractivity contribution in [2.24, 2.45) is 5.92 Å². The molecule has 8 aromatic rings. The van der Waals surface area contributed by atoms with Crippen molar-refractivity contribution < 1.29 is 0 Å². The summed E-state index contributed by atoms with van der Waals surface area (Å²) in [6, 6.07) is 61.9. The molecule has 1 heterocycles. The number of rotatable bonds is 12. The number of anilines is 3. The minimum atomic E-state index is 0.0501. The highest BCUT2D eigenvalue weighted by Crippen LogP contribution is 2.47. The van der Waals surface area contributed by atoms with Crippen LogP contribution in [0.25, 0.3) is 49.7 Å². The molecule has 0 fully saturated rings. The first-order valence-corrected chi connectivity index (χ1v) is 22.8. The van der Waals surface area contributed by atoms with E-state index in [1.165, 1.54) is 60.9 Å². The van der Waals surface area contributed by atoms with Crippen molar-refractivity contribution in [2.75, 3.05) is 9.80 Å². The summed E-state index contributed by atoms with van der Waals surface area (Å²) in [7, 11) is 0. The Morgan fingerprint density at radius 3 is 2.09 bits per heavy atom. The van der Waals surface area contributed by atoms with Crippen molar-refractivity contribution in [1.82, 2.24) is 4.57 Å². The molecule has 2 atom stereocenters. The lowest BCUT2D eigenvalue weighted by Crippen LogP contribution is -2.23. The van der Waals surface area contributed by atoms with Gasteiger partial charge in [-0.2, -0.15) is 0 Å². The van der Waals surface area contributed by atoms with Gasteiger partial charge in [0, 0.05) is 56.5 Å². The van der Waals surface area contributed by atoms with E-state index >= 15 is 0 Å². The zero-order valence-corrected chi connectivity index (χ0v) is 37.2. The summed E-state index contributed by atoms with van der Waals surface area (Å²) in [4.78, 5) is 4.69. The first kappa shape index (κ1) is 41.1. The Balaban J connectivity index is 1.22. The van der Waals surface area contributed by atoms with Gasteiger partial charge in [-0.15, -0.1) is 0 Å². The highest BCUT2D eigenvalue weighted by atomic mass is 15.2. The number of hydrogen-bond acceptors (Lipinski definition) is 2. The Labute approximate surface area is 383 Å². The fraction of sp³-hybridized carbons (Fsp3) is 0.0968. The van der Waals surface area contributed by atoms with E-state index in [1.807, 2.05) is 18.2 Å². The smallest absolute Gasteiger partial charge is 0.0541 e. The number of benzene rings is 7. The molecule has 0 radical (unpaired) electrons. The van der Waals surface area contributed by atoms with Crippen molar-refractivity contribution in [3.63, 3.8) is 0 Å². The van der Waals surface area contributed by atoms with Crippen LogP contribution in [0.2, 0.25) is 0 Å². The van der Waals surface area contributed by atoms with E-state index in [4.69, 9.17) is 0 Å². The summed E-state index contributed by atoms with van der Waals surface area (Å²) >= 11 is 0. The van der Waals surface area contributed by atoms with Crippen LogP contribution < -0.4 is 9.80 Å². The maximum absolute atomic E-state index is 4.23. The summed E-state index contributed by atoms with van der Waals surface area (Å²) < 4.78 is 2.40. The lowest BCUT2D eigenvalue weighted by atomic mass is 9.77. The Morgan fingerprint density at radius 2 is 1.35 bits per heavy atom. The van der Waals surface area contributed by atoms with E-state index in [-0.39, 0.29) is 11.8 Å². The molecule has 0 saturated carbocycles. The summed E-state index contributed by atoms with van der Waals surface area (Å²) in [5.74, 6) is 0.268. The molecule has 0 N–H and O–H groups in total. The van der Waals surface area contributed by atoms with E-state index in [0.29, 0.717) is 0 Å². The fourth-order valence-corrected chi connectivity index (χ4v) is 9.87. The lowest BCUT2D eigenvalue weighted by molar-refractivity contribution is 0.630. The van der Waals surface area contributed by atoms with Gasteiger partial charge < -0.3 is 14.4 Å². The average Bonchev–Trinajstić information content (AvgIpc) is 3.69. The largest absolute Gasteiger partial charge is 0.311 e. The van der Waals surface area contributed by atoms with Crippen LogP contribution in [0.1, 0.15) is 36.8 Å². The van der Waals surface area contributed by atoms with Crippen LogP contribution in [0.4, 0.5) is 17.1 Å². The molecule has 316 valence electrons. The molecule has 3 heteroatoms. The third-order valence-electron chi connectivity index (χ3n) is 13.0. The summed E-state index contributed by atoms with van der Waals surface area (Å²) in [5.41, 5.74) is 17.5. The van der Waals surface area contributed by atoms with Crippen LogP contribution in [-0.2, 0) is 0 Å². The number of allylic oxidation sites excluding steroid dienone is 9. The highest BCUT2D eigenvalue weighted by Gasteiger charge is 2.28. The zero-order valence-electron chi connectivity index (χ0n) is 37.2. The monoisotopic (exact) mass is 839 g/mol. The SMILES string of the molecule is C=C/C=C(\C=C)N(C1=CC(c2cccc(-c3cc(N(C4=CCCC=C4)c4ccccc4)ccc3C)c2-c2ccc3c(c2)c2ccccc2n3-c2ccccc2)C(C)C=C1)c1ccccc1. The van der Waals surface area contributed by atoms with Crippen LogP contribution in [0.5, 0.6) is 0 Å². The second kappa shape index (κ2) is 18.1. The Hall–Kier alpha value is -7.88. The summed E-state index contributed by atoms with van der Waals surface area (Å²) in [6.07, 6.45) is 21.9. The second-order valence-electron chi connectivity index (χ2n) is 17.0. The molecule has 3 nitrogen and oxygen atoms in total. The second-order valence-corrected chi connectivity index (χ2v) is 17.0. The molecule has 0 spiro atoms. The lowest BCUT2D eigenvalue weighted by Gasteiger charge is -2.33. The van der Waals surface area contributed by atoms with Gasteiger partial charge >= 0.3 is 0 Å².